The van der Waals surface area contributed by atoms with Gasteiger partial charge >= 0.3 is 0 Å². The van der Waals surface area contributed by atoms with Gasteiger partial charge in [-0.2, -0.15) is 0 Å². The summed E-state index contributed by atoms with van der Waals surface area (Å²) in [5.41, 5.74) is 2.30. The van der Waals surface area contributed by atoms with Gasteiger partial charge in [-0.05, 0) is 73.0 Å². The molecule has 0 aromatic heterocycles. The molecule has 1 N–H and O–H groups in total. The normalized spacial score (nSPS) is 28.0. The molecule has 4 aliphatic carbocycles. The molecule has 1 amide bonds. The van der Waals surface area contributed by atoms with Gasteiger partial charge in [0.2, 0.25) is 0 Å². The number of carbonyl (C=O) groups excluding carboxylic acids is 1. The lowest BCUT2D eigenvalue weighted by molar-refractivity contribution is -0.161. The van der Waals surface area contributed by atoms with Crippen LogP contribution in [0.5, 0.6) is 0 Å². The van der Waals surface area contributed by atoms with E-state index in [0.717, 1.165) is 53.7 Å². The molecule has 7 rings (SSSR count). The summed E-state index contributed by atoms with van der Waals surface area (Å²) in [6, 6.07) is 31.1. The van der Waals surface area contributed by atoms with Gasteiger partial charge in [0.15, 0.2) is 0 Å². The summed E-state index contributed by atoms with van der Waals surface area (Å²) in [5.74, 6) is 2.28. The van der Waals surface area contributed by atoms with Gasteiger partial charge in [-0.1, -0.05) is 91.0 Å². The van der Waals surface area contributed by atoms with Crippen molar-refractivity contribution in [2.45, 2.75) is 50.2 Å². The molecule has 4 aliphatic rings. The quantitative estimate of drug-likeness (QED) is 0.414. The van der Waals surface area contributed by atoms with E-state index in [1.807, 2.05) is 18.2 Å². The highest BCUT2D eigenvalue weighted by molar-refractivity contribution is 5.84. The number of carbonyl (C=O) groups is 1. The van der Waals surface area contributed by atoms with E-state index in [9.17, 15) is 4.79 Å². The van der Waals surface area contributed by atoms with Gasteiger partial charge in [0.25, 0.3) is 5.91 Å². The maximum atomic E-state index is 14.4. The van der Waals surface area contributed by atoms with Crippen LogP contribution >= 0.6 is 0 Å². The summed E-state index contributed by atoms with van der Waals surface area (Å²) in [6.07, 6.45) is 6.98. The Morgan fingerprint density at radius 2 is 1.11 bits per heavy atom. The molecule has 0 radical (unpaired) electrons. The van der Waals surface area contributed by atoms with Crippen molar-refractivity contribution in [2.75, 3.05) is 7.11 Å². The third-order valence-corrected chi connectivity index (χ3v) is 9.05. The lowest BCUT2D eigenvalue weighted by Gasteiger charge is -2.58. The minimum absolute atomic E-state index is 0.00556. The molecule has 3 aromatic carbocycles. The number of ether oxygens (including phenoxy) is 1. The Labute approximate surface area is 208 Å². The third kappa shape index (κ3) is 3.81. The van der Waals surface area contributed by atoms with Gasteiger partial charge < -0.3 is 10.1 Å². The van der Waals surface area contributed by atoms with E-state index >= 15 is 0 Å². The smallest absolute Gasteiger partial charge is 0.250 e. The predicted octanol–water partition coefficient (Wildman–Crippen LogP) is 6.33. The Balaban J connectivity index is 1.45. The molecular formula is C32H35NO2. The van der Waals surface area contributed by atoms with E-state index in [0.29, 0.717) is 0 Å². The van der Waals surface area contributed by atoms with Crippen LogP contribution in [0, 0.1) is 23.2 Å². The van der Waals surface area contributed by atoms with Crippen molar-refractivity contribution in [3.63, 3.8) is 0 Å². The molecular weight excluding hydrogens is 430 g/mol. The minimum Gasteiger partial charge on any atom is -0.371 e. The fraction of sp³-hybridized carbons (Fsp3) is 0.406. The average Bonchev–Trinajstić information content (AvgIpc) is 2.88. The first kappa shape index (κ1) is 22.5. The van der Waals surface area contributed by atoms with Crippen molar-refractivity contribution in [3.05, 3.63) is 108 Å². The van der Waals surface area contributed by atoms with Crippen LogP contribution in [0.15, 0.2) is 91.0 Å². The molecule has 35 heavy (non-hydrogen) atoms. The Bertz CT molecular complexity index is 1030. The second kappa shape index (κ2) is 8.95. The Hall–Kier alpha value is -2.91. The Morgan fingerprint density at radius 3 is 1.46 bits per heavy atom. The Morgan fingerprint density at radius 1 is 0.743 bits per heavy atom. The van der Waals surface area contributed by atoms with Crippen LogP contribution in [-0.2, 0) is 15.1 Å². The molecule has 4 saturated carbocycles. The van der Waals surface area contributed by atoms with Crippen LogP contribution in [0.1, 0.15) is 55.2 Å². The first-order chi connectivity index (χ1) is 17.1. The van der Waals surface area contributed by atoms with Crippen molar-refractivity contribution in [2.24, 2.45) is 23.2 Å². The van der Waals surface area contributed by atoms with E-state index in [4.69, 9.17) is 4.74 Å². The minimum atomic E-state index is -0.806. The number of benzene rings is 3. The van der Waals surface area contributed by atoms with Crippen molar-refractivity contribution in [1.29, 1.82) is 0 Å². The van der Waals surface area contributed by atoms with Crippen molar-refractivity contribution < 1.29 is 9.53 Å². The molecule has 4 bridgehead atoms. The molecule has 3 nitrogen and oxygen atoms in total. The van der Waals surface area contributed by atoms with Crippen molar-refractivity contribution in [3.8, 4) is 0 Å². The summed E-state index contributed by atoms with van der Waals surface area (Å²) in [6.45, 7) is 0. The van der Waals surface area contributed by atoms with E-state index in [-0.39, 0.29) is 11.3 Å². The Kier molecular flexibility index (Phi) is 5.76. The van der Waals surface area contributed by atoms with Gasteiger partial charge in [-0.25, -0.2) is 0 Å². The summed E-state index contributed by atoms with van der Waals surface area (Å²) < 4.78 is 6.14. The second-order valence-electron chi connectivity index (χ2n) is 11.2. The van der Waals surface area contributed by atoms with Crippen LogP contribution in [-0.4, -0.2) is 19.1 Å². The molecule has 0 heterocycles. The molecule has 180 valence electrons. The lowest BCUT2D eigenvalue weighted by atomic mass is 9.48. The molecule has 1 unspecified atom stereocenters. The number of methoxy groups -OCH3 is 1. The molecule has 3 aromatic rings. The highest BCUT2D eigenvalue weighted by Gasteiger charge is 2.57. The largest absolute Gasteiger partial charge is 0.371 e. The van der Waals surface area contributed by atoms with Crippen LogP contribution in [0.4, 0.5) is 0 Å². The molecule has 0 spiro atoms. The van der Waals surface area contributed by atoms with Gasteiger partial charge in [0, 0.05) is 12.5 Å². The maximum absolute atomic E-state index is 14.4. The zero-order valence-corrected chi connectivity index (χ0v) is 20.5. The van der Waals surface area contributed by atoms with Gasteiger partial charge in [0.05, 0.1) is 0 Å². The maximum Gasteiger partial charge on any atom is 0.250 e. The fourth-order valence-electron chi connectivity index (χ4n) is 8.17. The lowest BCUT2D eigenvalue weighted by Crippen LogP contribution is -2.59. The van der Waals surface area contributed by atoms with Crippen LogP contribution in [0.25, 0.3) is 0 Å². The topological polar surface area (TPSA) is 38.3 Å². The summed E-state index contributed by atoms with van der Waals surface area (Å²) >= 11 is 0. The standard InChI is InChI=1S/C32H35NO2/c1-35-29(31-20-23-17-24(21-31)19-25(18-23)22-31)30(34)33-32(26-11-5-2-6-12-26,27-13-7-3-8-14-27)28-15-9-4-10-16-28/h2-16,23-25,29H,17-22H2,1H3,(H,33,34). The SMILES string of the molecule is COC(C(=O)NC(c1ccccc1)(c1ccccc1)c1ccccc1)C12CC3CC(CC(C3)C1)C2. The van der Waals surface area contributed by atoms with E-state index in [1.165, 1.54) is 19.3 Å². The van der Waals surface area contributed by atoms with Gasteiger partial charge in [0.1, 0.15) is 11.6 Å². The highest BCUT2D eigenvalue weighted by atomic mass is 16.5. The fourth-order valence-corrected chi connectivity index (χ4v) is 8.17. The second-order valence-corrected chi connectivity index (χ2v) is 11.2. The number of amides is 1. The molecule has 0 aliphatic heterocycles. The summed E-state index contributed by atoms with van der Waals surface area (Å²) in [7, 11) is 1.73. The highest BCUT2D eigenvalue weighted by Crippen LogP contribution is 2.61. The van der Waals surface area contributed by atoms with Gasteiger partial charge in [-0.3, -0.25) is 4.79 Å². The predicted molar refractivity (Wildman–Crippen MR) is 139 cm³/mol. The molecule has 4 fully saturated rings. The van der Waals surface area contributed by atoms with Gasteiger partial charge in [-0.15, -0.1) is 0 Å². The zero-order chi connectivity index (χ0) is 23.9. The van der Waals surface area contributed by atoms with Crippen LogP contribution in [0.3, 0.4) is 0 Å². The zero-order valence-electron chi connectivity index (χ0n) is 20.5. The van der Waals surface area contributed by atoms with Crippen molar-refractivity contribution in [1.82, 2.24) is 5.32 Å². The number of hydrogen-bond donors (Lipinski definition) is 1. The first-order valence-corrected chi connectivity index (χ1v) is 13.1. The monoisotopic (exact) mass is 465 g/mol. The average molecular weight is 466 g/mol. The summed E-state index contributed by atoms with van der Waals surface area (Å²) in [5, 5.41) is 3.59. The van der Waals surface area contributed by atoms with E-state index in [1.54, 1.807) is 7.11 Å². The summed E-state index contributed by atoms with van der Waals surface area (Å²) in [4.78, 5) is 14.4. The van der Waals surface area contributed by atoms with Crippen LogP contribution < -0.4 is 5.32 Å². The third-order valence-electron chi connectivity index (χ3n) is 9.05. The number of rotatable bonds is 7. The number of nitrogens with one attached hydrogen (secondary N) is 1. The van der Waals surface area contributed by atoms with E-state index in [2.05, 4.69) is 78.1 Å². The molecule has 3 heteroatoms. The first-order valence-electron chi connectivity index (χ1n) is 13.1. The van der Waals surface area contributed by atoms with Crippen LogP contribution in [0.2, 0.25) is 0 Å². The van der Waals surface area contributed by atoms with Crippen molar-refractivity contribution >= 4 is 5.91 Å². The van der Waals surface area contributed by atoms with E-state index < -0.39 is 11.6 Å². The molecule has 0 saturated heterocycles. The number of hydrogen-bond acceptors (Lipinski definition) is 2. The molecule has 1 atom stereocenters.